The lowest BCUT2D eigenvalue weighted by molar-refractivity contribution is 0.906. The molecule has 1 aromatic carbocycles. The van der Waals surface area contributed by atoms with E-state index in [0.29, 0.717) is 0 Å². The molecule has 1 unspecified atom stereocenters. The van der Waals surface area contributed by atoms with Crippen molar-refractivity contribution in [2.24, 2.45) is 5.73 Å². The van der Waals surface area contributed by atoms with Crippen LogP contribution in [0.5, 0.6) is 0 Å². The molecule has 12 heavy (non-hydrogen) atoms. The molecule has 0 aliphatic rings. The first-order valence-corrected chi connectivity index (χ1v) is 5.35. The van der Waals surface area contributed by atoms with Gasteiger partial charge < -0.3 is 5.73 Å². The molecule has 1 rings (SSSR count). The second kappa shape index (κ2) is 4.39. The first-order chi connectivity index (χ1) is 5.65. The lowest BCUT2D eigenvalue weighted by atomic mass is 10.1. The average molecular weight is 338 g/mol. The van der Waals surface area contributed by atoms with Gasteiger partial charge in [0.25, 0.3) is 0 Å². The zero-order valence-corrected chi connectivity index (χ0v) is 10.2. The van der Waals surface area contributed by atoms with E-state index in [0.717, 1.165) is 10.0 Å². The molecule has 0 fully saturated rings. The van der Waals surface area contributed by atoms with Gasteiger partial charge in [-0.15, -0.1) is 6.58 Å². The fraction of sp³-hybridized carbons (Fsp3) is 0.111. The third kappa shape index (κ3) is 2.31. The molecule has 0 amide bonds. The quantitative estimate of drug-likeness (QED) is 0.650. The highest BCUT2D eigenvalue weighted by atomic mass is 127. The molecular formula is C9H9BrIN. The smallest absolute Gasteiger partial charge is 0.0489 e. The van der Waals surface area contributed by atoms with Crippen LogP contribution in [0.1, 0.15) is 11.6 Å². The molecule has 0 aliphatic carbocycles. The summed E-state index contributed by atoms with van der Waals surface area (Å²) >= 11 is 5.67. The Bertz CT molecular complexity index is 299. The second-order valence-electron chi connectivity index (χ2n) is 2.43. The Labute approximate surface area is 94.3 Å². The van der Waals surface area contributed by atoms with Crippen LogP contribution in [-0.4, -0.2) is 0 Å². The van der Waals surface area contributed by atoms with Gasteiger partial charge in [0.2, 0.25) is 0 Å². The second-order valence-corrected chi connectivity index (χ2v) is 4.51. The Hall–Kier alpha value is 0.130. The lowest BCUT2D eigenvalue weighted by Gasteiger charge is -2.09. The first-order valence-electron chi connectivity index (χ1n) is 3.48. The molecular weight excluding hydrogens is 329 g/mol. The largest absolute Gasteiger partial charge is 0.321 e. The molecule has 64 valence electrons. The molecule has 0 heterocycles. The van der Waals surface area contributed by atoms with Gasteiger partial charge in [0.05, 0.1) is 0 Å². The van der Waals surface area contributed by atoms with E-state index in [4.69, 9.17) is 5.73 Å². The molecule has 0 saturated heterocycles. The summed E-state index contributed by atoms with van der Waals surface area (Å²) < 4.78 is 2.22. The minimum absolute atomic E-state index is 0.0746. The van der Waals surface area contributed by atoms with E-state index in [2.05, 4.69) is 45.1 Å². The van der Waals surface area contributed by atoms with Gasteiger partial charge in [-0.25, -0.2) is 0 Å². The summed E-state index contributed by atoms with van der Waals surface area (Å²) in [5, 5.41) is 0. The predicted octanol–water partition coefficient (Wildman–Crippen LogP) is 3.24. The SMILES string of the molecule is C=CC(N)c1cc(Br)ccc1I. The van der Waals surface area contributed by atoms with Crippen molar-refractivity contribution in [3.8, 4) is 0 Å². The van der Waals surface area contributed by atoms with Gasteiger partial charge >= 0.3 is 0 Å². The first kappa shape index (κ1) is 10.2. The van der Waals surface area contributed by atoms with Crippen LogP contribution in [0.15, 0.2) is 35.3 Å². The standard InChI is InChI=1S/C9H9BrIN/c1-2-9(12)7-5-6(10)3-4-8(7)11/h2-5,9H,1,12H2. The summed E-state index contributed by atoms with van der Waals surface area (Å²) in [4.78, 5) is 0. The van der Waals surface area contributed by atoms with E-state index in [1.54, 1.807) is 6.08 Å². The summed E-state index contributed by atoms with van der Waals surface area (Å²) in [6.07, 6.45) is 1.74. The minimum atomic E-state index is -0.0746. The van der Waals surface area contributed by atoms with E-state index < -0.39 is 0 Å². The van der Waals surface area contributed by atoms with Crippen LogP contribution in [-0.2, 0) is 0 Å². The Morgan fingerprint density at radius 3 is 2.83 bits per heavy atom. The number of benzene rings is 1. The summed E-state index contributed by atoms with van der Waals surface area (Å²) in [5.41, 5.74) is 6.93. The van der Waals surface area contributed by atoms with Crippen molar-refractivity contribution in [1.29, 1.82) is 0 Å². The molecule has 0 saturated carbocycles. The van der Waals surface area contributed by atoms with Crippen molar-refractivity contribution in [3.05, 3.63) is 44.5 Å². The van der Waals surface area contributed by atoms with Crippen LogP contribution < -0.4 is 5.73 Å². The highest BCUT2D eigenvalue weighted by molar-refractivity contribution is 14.1. The fourth-order valence-electron chi connectivity index (χ4n) is 0.897. The van der Waals surface area contributed by atoms with E-state index >= 15 is 0 Å². The summed E-state index contributed by atoms with van der Waals surface area (Å²) in [5.74, 6) is 0. The van der Waals surface area contributed by atoms with Crippen molar-refractivity contribution in [3.63, 3.8) is 0 Å². The zero-order valence-electron chi connectivity index (χ0n) is 6.43. The highest BCUT2D eigenvalue weighted by Gasteiger charge is 2.05. The maximum absolute atomic E-state index is 5.82. The zero-order chi connectivity index (χ0) is 9.14. The van der Waals surface area contributed by atoms with Crippen molar-refractivity contribution in [1.82, 2.24) is 0 Å². The molecule has 1 aromatic rings. The summed E-state index contributed by atoms with van der Waals surface area (Å²) in [6, 6.07) is 5.98. The van der Waals surface area contributed by atoms with Gasteiger partial charge in [0.1, 0.15) is 0 Å². The van der Waals surface area contributed by atoms with Crippen LogP contribution in [0.25, 0.3) is 0 Å². The normalized spacial score (nSPS) is 12.6. The van der Waals surface area contributed by atoms with Crippen molar-refractivity contribution < 1.29 is 0 Å². The van der Waals surface area contributed by atoms with Crippen LogP contribution in [0, 0.1) is 3.57 Å². The van der Waals surface area contributed by atoms with Gasteiger partial charge in [0, 0.05) is 14.1 Å². The van der Waals surface area contributed by atoms with E-state index in [-0.39, 0.29) is 6.04 Å². The molecule has 1 atom stereocenters. The van der Waals surface area contributed by atoms with Crippen molar-refractivity contribution >= 4 is 38.5 Å². The number of halogens is 2. The molecule has 0 aromatic heterocycles. The van der Waals surface area contributed by atoms with Crippen LogP contribution >= 0.6 is 38.5 Å². The van der Waals surface area contributed by atoms with Gasteiger partial charge in [-0.2, -0.15) is 0 Å². The van der Waals surface area contributed by atoms with Crippen molar-refractivity contribution in [2.75, 3.05) is 0 Å². The Morgan fingerprint density at radius 2 is 2.25 bits per heavy atom. The van der Waals surface area contributed by atoms with Crippen LogP contribution in [0.3, 0.4) is 0 Å². The number of rotatable bonds is 2. The summed E-state index contributed by atoms with van der Waals surface area (Å²) in [6.45, 7) is 3.66. The number of nitrogens with two attached hydrogens (primary N) is 1. The molecule has 2 N–H and O–H groups in total. The monoisotopic (exact) mass is 337 g/mol. The van der Waals surface area contributed by atoms with Gasteiger partial charge in [-0.3, -0.25) is 0 Å². The van der Waals surface area contributed by atoms with E-state index in [1.807, 2.05) is 18.2 Å². The topological polar surface area (TPSA) is 26.0 Å². The number of hydrogen-bond acceptors (Lipinski definition) is 1. The average Bonchev–Trinajstić information content (AvgIpc) is 2.08. The highest BCUT2D eigenvalue weighted by Crippen LogP contribution is 2.23. The molecule has 0 bridgehead atoms. The Balaban J connectivity index is 3.12. The lowest BCUT2D eigenvalue weighted by Crippen LogP contribution is -2.08. The molecule has 3 heteroatoms. The van der Waals surface area contributed by atoms with Gasteiger partial charge in [0.15, 0.2) is 0 Å². The molecule has 0 aliphatic heterocycles. The van der Waals surface area contributed by atoms with Crippen LogP contribution in [0.2, 0.25) is 0 Å². The van der Waals surface area contributed by atoms with Gasteiger partial charge in [-0.05, 0) is 46.4 Å². The van der Waals surface area contributed by atoms with Gasteiger partial charge in [-0.1, -0.05) is 22.0 Å². The van der Waals surface area contributed by atoms with Crippen LogP contribution in [0.4, 0.5) is 0 Å². The fourth-order valence-corrected chi connectivity index (χ4v) is 1.97. The summed E-state index contributed by atoms with van der Waals surface area (Å²) in [7, 11) is 0. The molecule has 0 spiro atoms. The Kier molecular flexibility index (Phi) is 3.74. The Morgan fingerprint density at radius 1 is 1.58 bits per heavy atom. The molecule has 1 nitrogen and oxygen atoms in total. The third-order valence-electron chi connectivity index (χ3n) is 1.57. The maximum Gasteiger partial charge on any atom is 0.0489 e. The molecule has 0 radical (unpaired) electrons. The number of hydrogen-bond donors (Lipinski definition) is 1. The van der Waals surface area contributed by atoms with E-state index in [1.165, 1.54) is 3.57 Å². The maximum atomic E-state index is 5.82. The van der Waals surface area contributed by atoms with E-state index in [9.17, 15) is 0 Å². The minimum Gasteiger partial charge on any atom is -0.321 e. The third-order valence-corrected chi connectivity index (χ3v) is 3.05. The van der Waals surface area contributed by atoms with Crippen molar-refractivity contribution in [2.45, 2.75) is 6.04 Å². The predicted molar refractivity (Wildman–Crippen MR) is 64.0 cm³/mol.